The highest BCUT2D eigenvalue weighted by atomic mass is 16.6. The lowest BCUT2D eigenvalue weighted by atomic mass is 9.93. The predicted molar refractivity (Wildman–Crippen MR) is 93.2 cm³/mol. The van der Waals surface area contributed by atoms with Crippen LogP contribution >= 0.6 is 0 Å². The predicted octanol–water partition coefficient (Wildman–Crippen LogP) is -0.0462. The SMILES string of the molecule is C[C@@]1(O)[C@H](O)[C@@H](Cc2ccccc2)O[C@H]1n1cnc2c(=O)[nH]c(N)nc21. The molecule has 4 rings (SSSR count). The summed E-state index contributed by atoms with van der Waals surface area (Å²) in [7, 11) is 0. The number of hydrogen-bond donors (Lipinski definition) is 4. The fourth-order valence-corrected chi connectivity index (χ4v) is 3.37. The summed E-state index contributed by atoms with van der Waals surface area (Å²) in [6, 6.07) is 9.54. The van der Waals surface area contributed by atoms with Crippen LogP contribution in [0.4, 0.5) is 5.95 Å². The number of imidazole rings is 1. The lowest BCUT2D eigenvalue weighted by molar-refractivity contribution is -0.0939. The summed E-state index contributed by atoms with van der Waals surface area (Å²) >= 11 is 0. The Morgan fingerprint density at radius 3 is 2.85 bits per heavy atom. The van der Waals surface area contributed by atoms with Gasteiger partial charge >= 0.3 is 0 Å². The minimum absolute atomic E-state index is 0.0664. The van der Waals surface area contributed by atoms with Crippen LogP contribution in [0.25, 0.3) is 11.2 Å². The number of nitrogens with two attached hydrogens (primary N) is 1. The maximum absolute atomic E-state index is 12.0. The van der Waals surface area contributed by atoms with Gasteiger partial charge in [0.2, 0.25) is 5.95 Å². The lowest BCUT2D eigenvalue weighted by Crippen LogP contribution is -2.44. The fourth-order valence-electron chi connectivity index (χ4n) is 3.37. The Balaban J connectivity index is 1.72. The van der Waals surface area contributed by atoms with Crippen LogP contribution < -0.4 is 11.3 Å². The Morgan fingerprint density at radius 1 is 1.38 bits per heavy atom. The highest BCUT2D eigenvalue weighted by Crippen LogP contribution is 2.40. The minimum atomic E-state index is -1.61. The van der Waals surface area contributed by atoms with Crippen molar-refractivity contribution in [2.75, 3.05) is 5.73 Å². The van der Waals surface area contributed by atoms with E-state index in [0.29, 0.717) is 6.42 Å². The summed E-state index contributed by atoms with van der Waals surface area (Å²) in [5, 5.41) is 21.5. The first-order valence-corrected chi connectivity index (χ1v) is 8.20. The van der Waals surface area contributed by atoms with E-state index in [1.807, 2.05) is 30.3 Å². The number of aromatic amines is 1. The van der Waals surface area contributed by atoms with Crippen molar-refractivity contribution >= 4 is 17.1 Å². The zero-order chi connectivity index (χ0) is 18.5. The number of benzene rings is 1. The van der Waals surface area contributed by atoms with Crippen molar-refractivity contribution in [2.24, 2.45) is 0 Å². The van der Waals surface area contributed by atoms with Crippen LogP contribution in [-0.2, 0) is 11.2 Å². The number of anilines is 1. The Labute approximate surface area is 148 Å². The third kappa shape index (κ3) is 2.57. The number of nitrogen functional groups attached to an aromatic ring is 1. The summed E-state index contributed by atoms with van der Waals surface area (Å²) < 4.78 is 7.38. The van der Waals surface area contributed by atoms with Crippen LogP contribution in [-0.4, -0.2) is 47.5 Å². The van der Waals surface area contributed by atoms with E-state index < -0.39 is 29.6 Å². The molecule has 0 radical (unpaired) electrons. The number of nitrogens with one attached hydrogen (secondary N) is 1. The molecule has 0 bridgehead atoms. The van der Waals surface area contributed by atoms with Gasteiger partial charge in [0.1, 0.15) is 11.7 Å². The number of hydrogen-bond acceptors (Lipinski definition) is 7. The summed E-state index contributed by atoms with van der Waals surface area (Å²) in [6.07, 6.45) is -0.954. The molecule has 1 aromatic carbocycles. The molecule has 3 aromatic rings. The van der Waals surface area contributed by atoms with Gasteiger partial charge in [-0.25, -0.2) is 4.98 Å². The maximum atomic E-state index is 12.0. The van der Waals surface area contributed by atoms with E-state index in [2.05, 4.69) is 15.0 Å². The molecule has 26 heavy (non-hydrogen) atoms. The van der Waals surface area contributed by atoms with E-state index >= 15 is 0 Å². The second kappa shape index (κ2) is 5.90. The lowest BCUT2D eigenvalue weighted by Gasteiger charge is -2.27. The topological polar surface area (TPSA) is 139 Å². The van der Waals surface area contributed by atoms with Crippen LogP contribution in [0.15, 0.2) is 41.5 Å². The molecule has 136 valence electrons. The zero-order valence-electron chi connectivity index (χ0n) is 14.0. The van der Waals surface area contributed by atoms with E-state index in [4.69, 9.17) is 10.5 Å². The van der Waals surface area contributed by atoms with Crippen LogP contribution in [0.2, 0.25) is 0 Å². The van der Waals surface area contributed by atoms with E-state index in [-0.39, 0.29) is 17.1 Å². The van der Waals surface area contributed by atoms with Crippen molar-refractivity contribution in [1.29, 1.82) is 0 Å². The molecule has 9 heteroatoms. The average Bonchev–Trinajstić information content (AvgIpc) is 3.10. The van der Waals surface area contributed by atoms with Gasteiger partial charge in [-0.05, 0) is 12.5 Å². The van der Waals surface area contributed by atoms with Crippen molar-refractivity contribution in [3.63, 3.8) is 0 Å². The summed E-state index contributed by atoms with van der Waals surface area (Å²) in [5.74, 6) is -0.0664. The molecule has 3 heterocycles. The second-order valence-corrected chi connectivity index (χ2v) is 6.66. The van der Waals surface area contributed by atoms with Crippen LogP contribution in [0.3, 0.4) is 0 Å². The maximum Gasteiger partial charge on any atom is 0.280 e. The van der Waals surface area contributed by atoms with Gasteiger partial charge in [-0.1, -0.05) is 30.3 Å². The zero-order valence-corrected chi connectivity index (χ0v) is 14.0. The summed E-state index contributed by atoms with van der Waals surface area (Å²) in [4.78, 5) is 22.4. The Morgan fingerprint density at radius 2 is 2.12 bits per heavy atom. The number of aromatic nitrogens is 4. The molecule has 4 atom stereocenters. The smallest absolute Gasteiger partial charge is 0.280 e. The molecular weight excluding hydrogens is 338 g/mol. The largest absolute Gasteiger partial charge is 0.387 e. The average molecular weight is 357 g/mol. The van der Waals surface area contributed by atoms with Crippen LogP contribution in [0, 0.1) is 0 Å². The first-order valence-electron chi connectivity index (χ1n) is 8.20. The molecule has 1 aliphatic heterocycles. The van der Waals surface area contributed by atoms with Crippen LogP contribution in [0.1, 0.15) is 18.7 Å². The third-order valence-corrected chi connectivity index (χ3v) is 4.74. The first-order chi connectivity index (χ1) is 12.4. The molecule has 0 spiro atoms. The molecular formula is C17H19N5O4. The number of aliphatic hydroxyl groups excluding tert-OH is 1. The number of aliphatic hydroxyl groups is 2. The van der Waals surface area contributed by atoms with Crippen molar-refractivity contribution in [2.45, 2.75) is 37.4 Å². The molecule has 2 aromatic heterocycles. The van der Waals surface area contributed by atoms with E-state index in [1.54, 1.807) is 0 Å². The highest BCUT2D eigenvalue weighted by molar-refractivity contribution is 5.70. The number of nitrogens with zero attached hydrogens (tertiary/aromatic N) is 3. The fraction of sp³-hybridized carbons (Fsp3) is 0.353. The molecule has 0 unspecified atom stereocenters. The normalized spacial score (nSPS) is 28.7. The number of H-pyrrole nitrogens is 1. The van der Waals surface area contributed by atoms with Gasteiger partial charge < -0.3 is 20.7 Å². The number of rotatable bonds is 3. The molecule has 5 N–H and O–H groups in total. The second-order valence-electron chi connectivity index (χ2n) is 6.66. The molecule has 0 aliphatic carbocycles. The minimum Gasteiger partial charge on any atom is -0.387 e. The monoisotopic (exact) mass is 357 g/mol. The van der Waals surface area contributed by atoms with Crippen LogP contribution in [0.5, 0.6) is 0 Å². The molecule has 0 amide bonds. The number of ether oxygens (including phenoxy) is 1. The molecule has 1 aliphatic rings. The molecule has 9 nitrogen and oxygen atoms in total. The van der Waals surface area contributed by atoms with Gasteiger partial charge in [-0.15, -0.1) is 0 Å². The standard InChI is InChI=1S/C17H19N5O4/c1-17(25)12(23)10(7-9-5-3-2-4-6-9)26-15(17)22-8-19-11-13(22)20-16(18)21-14(11)24/h2-6,8,10,12,15,23,25H,7H2,1H3,(H3,18,20,21,24)/t10-,12-,15-,17-/m1/s1. The van der Waals surface area contributed by atoms with Crippen molar-refractivity contribution in [3.8, 4) is 0 Å². The van der Waals surface area contributed by atoms with Crippen molar-refractivity contribution in [3.05, 3.63) is 52.6 Å². The quantitative estimate of drug-likeness (QED) is 0.515. The Kier molecular flexibility index (Phi) is 3.79. The van der Waals surface area contributed by atoms with Gasteiger partial charge in [-0.2, -0.15) is 4.98 Å². The van der Waals surface area contributed by atoms with Gasteiger partial charge in [-0.3, -0.25) is 14.3 Å². The third-order valence-electron chi connectivity index (χ3n) is 4.74. The summed E-state index contributed by atoms with van der Waals surface area (Å²) in [6.45, 7) is 1.48. The Hall–Kier alpha value is -2.75. The number of fused-ring (bicyclic) bond motifs is 1. The van der Waals surface area contributed by atoms with Gasteiger partial charge in [0.15, 0.2) is 17.4 Å². The van der Waals surface area contributed by atoms with Crippen molar-refractivity contribution in [1.82, 2.24) is 19.5 Å². The molecule has 0 saturated carbocycles. The van der Waals surface area contributed by atoms with Gasteiger partial charge in [0.05, 0.1) is 12.4 Å². The Bertz CT molecular complexity index is 997. The molecule has 1 fully saturated rings. The van der Waals surface area contributed by atoms with Crippen molar-refractivity contribution < 1.29 is 14.9 Å². The summed E-state index contributed by atoms with van der Waals surface area (Å²) in [5.41, 5.74) is 4.77. The van der Waals surface area contributed by atoms with Gasteiger partial charge in [0, 0.05) is 6.42 Å². The van der Waals surface area contributed by atoms with E-state index in [1.165, 1.54) is 17.8 Å². The van der Waals surface area contributed by atoms with Gasteiger partial charge in [0.25, 0.3) is 5.56 Å². The first kappa shape index (κ1) is 16.7. The molecule has 1 saturated heterocycles. The van der Waals surface area contributed by atoms with E-state index in [0.717, 1.165) is 5.56 Å². The highest BCUT2D eigenvalue weighted by Gasteiger charge is 2.53. The van der Waals surface area contributed by atoms with E-state index in [9.17, 15) is 15.0 Å².